The van der Waals surface area contributed by atoms with Crippen LogP contribution in [0.1, 0.15) is 26.7 Å². The van der Waals surface area contributed by atoms with Crippen LogP contribution < -0.4 is 0 Å². The van der Waals surface area contributed by atoms with E-state index in [9.17, 15) is 14.7 Å². The summed E-state index contributed by atoms with van der Waals surface area (Å²) in [7, 11) is 0. The van der Waals surface area contributed by atoms with Gasteiger partial charge in [-0.05, 0) is 25.7 Å². The molecule has 1 aliphatic rings. The molecule has 0 spiro atoms. The third-order valence-corrected chi connectivity index (χ3v) is 3.05. The van der Waals surface area contributed by atoms with Gasteiger partial charge in [-0.2, -0.15) is 0 Å². The maximum atomic E-state index is 11.4. The molecule has 1 aliphatic heterocycles. The van der Waals surface area contributed by atoms with E-state index in [1.165, 1.54) is 11.8 Å². The van der Waals surface area contributed by atoms with Crippen molar-refractivity contribution < 1.29 is 19.4 Å². The van der Waals surface area contributed by atoms with Gasteiger partial charge in [0.1, 0.15) is 6.04 Å². The zero-order chi connectivity index (χ0) is 12.1. The van der Waals surface area contributed by atoms with Crippen LogP contribution in [0.5, 0.6) is 0 Å². The minimum atomic E-state index is -0.913. The molecule has 5 heteroatoms. The molecular formula is C11H19NO4. The Balaban J connectivity index is 2.79. The van der Waals surface area contributed by atoms with Crippen molar-refractivity contribution in [3.63, 3.8) is 0 Å². The number of carboxylic acids is 1. The van der Waals surface area contributed by atoms with Gasteiger partial charge in [0.05, 0.1) is 0 Å². The number of aliphatic carboxylic acids is 1. The molecular weight excluding hydrogens is 210 g/mol. The molecule has 1 unspecified atom stereocenters. The van der Waals surface area contributed by atoms with Crippen LogP contribution in [0.3, 0.4) is 0 Å². The molecule has 0 aromatic rings. The van der Waals surface area contributed by atoms with E-state index in [2.05, 4.69) is 0 Å². The van der Waals surface area contributed by atoms with Gasteiger partial charge in [-0.15, -0.1) is 0 Å². The van der Waals surface area contributed by atoms with Gasteiger partial charge in [-0.1, -0.05) is 0 Å². The lowest BCUT2D eigenvalue weighted by Gasteiger charge is -2.34. The Morgan fingerprint density at radius 1 is 1.44 bits per heavy atom. The van der Waals surface area contributed by atoms with Crippen LogP contribution in [0.2, 0.25) is 0 Å². The summed E-state index contributed by atoms with van der Waals surface area (Å²) >= 11 is 0. The molecule has 1 fully saturated rings. The largest absolute Gasteiger partial charge is 0.480 e. The smallest absolute Gasteiger partial charge is 0.326 e. The van der Waals surface area contributed by atoms with Gasteiger partial charge in [0.15, 0.2) is 0 Å². The summed E-state index contributed by atoms with van der Waals surface area (Å²) in [5.74, 6) is -1.08. The molecule has 1 atom stereocenters. The Hall–Kier alpha value is -1.10. The van der Waals surface area contributed by atoms with Crippen LogP contribution in [0.15, 0.2) is 0 Å². The van der Waals surface area contributed by atoms with Crippen molar-refractivity contribution in [2.45, 2.75) is 32.7 Å². The molecule has 1 N–H and O–H groups in total. The summed E-state index contributed by atoms with van der Waals surface area (Å²) in [4.78, 5) is 24.1. The SMILES string of the molecule is CCN(C(C)=O)C(C(=O)O)C1CCOCC1. The number of amides is 1. The van der Waals surface area contributed by atoms with Gasteiger partial charge in [-0.3, -0.25) is 4.79 Å². The van der Waals surface area contributed by atoms with E-state index in [4.69, 9.17) is 4.74 Å². The van der Waals surface area contributed by atoms with E-state index in [0.717, 1.165) is 0 Å². The van der Waals surface area contributed by atoms with Crippen molar-refractivity contribution in [3.8, 4) is 0 Å². The summed E-state index contributed by atoms with van der Waals surface area (Å²) < 4.78 is 5.21. The Morgan fingerprint density at radius 3 is 2.38 bits per heavy atom. The highest BCUT2D eigenvalue weighted by atomic mass is 16.5. The highest BCUT2D eigenvalue weighted by Crippen LogP contribution is 2.23. The van der Waals surface area contributed by atoms with E-state index >= 15 is 0 Å². The first-order chi connectivity index (χ1) is 7.57. The van der Waals surface area contributed by atoms with Crippen molar-refractivity contribution in [2.75, 3.05) is 19.8 Å². The molecule has 0 radical (unpaired) electrons. The van der Waals surface area contributed by atoms with Crippen molar-refractivity contribution in [1.29, 1.82) is 0 Å². The lowest BCUT2D eigenvalue weighted by atomic mass is 9.90. The van der Waals surface area contributed by atoms with Crippen LogP contribution in [0.25, 0.3) is 0 Å². The van der Waals surface area contributed by atoms with Crippen LogP contribution in [-0.2, 0) is 14.3 Å². The van der Waals surface area contributed by atoms with E-state index in [-0.39, 0.29) is 11.8 Å². The number of carbonyl (C=O) groups is 2. The van der Waals surface area contributed by atoms with Gasteiger partial charge in [0.2, 0.25) is 5.91 Å². The monoisotopic (exact) mass is 229 g/mol. The number of ether oxygens (including phenoxy) is 1. The van der Waals surface area contributed by atoms with Crippen molar-refractivity contribution in [1.82, 2.24) is 4.90 Å². The average Bonchev–Trinajstić information content (AvgIpc) is 2.25. The van der Waals surface area contributed by atoms with Crippen LogP contribution >= 0.6 is 0 Å². The quantitative estimate of drug-likeness (QED) is 0.772. The zero-order valence-electron chi connectivity index (χ0n) is 9.81. The van der Waals surface area contributed by atoms with Gasteiger partial charge < -0.3 is 14.7 Å². The number of carboxylic acid groups (broad SMARTS) is 1. The number of nitrogens with zero attached hydrogens (tertiary/aromatic N) is 1. The standard InChI is InChI=1S/C11H19NO4/c1-3-12(8(2)13)10(11(14)15)9-4-6-16-7-5-9/h9-10H,3-7H2,1-2H3,(H,14,15). The zero-order valence-corrected chi connectivity index (χ0v) is 9.81. The van der Waals surface area contributed by atoms with E-state index in [1.54, 1.807) is 6.92 Å². The van der Waals surface area contributed by atoms with E-state index < -0.39 is 12.0 Å². The molecule has 1 amide bonds. The second-order valence-corrected chi connectivity index (χ2v) is 4.04. The number of rotatable bonds is 4. The predicted octanol–water partition coefficient (Wildman–Crippen LogP) is 0.735. The van der Waals surface area contributed by atoms with Gasteiger partial charge in [-0.25, -0.2) is 4.79 Å². The first-order valence-corrected chi connectivity index (χ1v) is 5.65. The normalized spacial score (nSPS) is 19.1. The van der Waals surface area contributed by atoms with Crippen LogP contribution in [0, 0.1) is 5.92 Å². The van der Waals surface area contributed by atoms with Crippen molar-refractivity contribution in [3.05, 3.63) is 0 Å². The first-order valence-electron chi connectivity index (χ1n) is 5.65. The fraction of sp³-hybridized carbons (Fsp3) is 0.818. The summed E-state index contributed by atoms with van der Waals surface area (Å²) in [6.45, 7) is 4.83. The Bertz CT molecular complexity index is 261. The van der Waals surface area contributed by atoms with Crippen molar-refractivity contribution in [2.24, 2.45) is 5.92 Å². The summed E-state index contributed by atoms with van der Waals surface area (Å²) in [5.41, 5.74) is 0. The minimum Gasteiger partial charge on any atom is -0.480 e. The number of likely N-dealkylation sites (N-methyl/N-ethyl adjacent to an activating group) is 1. The highest BCUT2D eigenvalue weighted by Gasteiger charge is 2.35. The second kappa shape index (κ2) is 5.84. The number of hydrogen-bond donors (Lipinski definition) is 1. The fourth-order valence-electron chi connectivity index (χ4n) is 2.24. The van der Waals surface area contributed by atoms with Crippen LogP contribution in [-0.4, -0.2) is 47.7 Å². The number of carbonyl (C=O) groups excluding carboxylic acids is 1. The third-order valence-electron chi connectivity index (χ3n) is 3.05. The second-order valence-electron chi connectivity index (χ2n) is 4.04. The molecule has 0 aromatic heterocycles. The summed E-state index contributed by atoms with van der Waals surface area (Å²) in [5, 5.41) is 9.24. The van der Waals surface area contributed by atoms with Gasteiger partial charge in [0.25, 0.3) is 0 Å². The van der Waals surface area contributed by atoms with Gasteiger partial charge >= 0.3 is 5.97 Å². The fourth-order valence-corrected chi connectivity index (χ4v) is 2.24. The maximum Gasteiger partial charge on any atom is 0.326 e. The molecule has 0 aromatic carbocycles. The average molecular weight is 229 g/mol. The van der Waals surface area contributed by atoms with Crippen LogP contribution in [0.4, 0.5) is 0 Å². The first kappa shape index (κ1) is 13.0. The van der Waals surface area contributed by atoms with E-state index in [1.807, 2.05) is 0 Å². The molecule has 1 heterocycles. The summed E-state index contributed by atoms with van der Waals surface area (Å²) in [6.07, 6.45) is 1.42. The Morgan fingerprint density at radius 2 is 2.00 bits per heavy atom. The maximum absolute atomic E-state index is 11.4. The minimum absolute atomic E-state index is 0.00935. The molecule has 0 bridgehead atoms. The molecule has 0 aliphatic carbocycles. The topological polar surface area (TPSA) is 66.8 Å². The Kier molecular flexibility index (Phi) is 4.73. The molecule has 16 heavy (non-hydrogen) atoms. The highest BCUT2D eigenvalue weighted by molar-refractivity contribution is 5.82. The predicted molar refractivity (Wildman–Crippen MR) is 58.0 cm³/mol. The molecule has 1 rings (SSSR count). The molecule has 1 saturated heterocycles. The lowest BCUT2D eigenvalue weighted by Crippen LogP contribution is -2.49. The number of hydrogen-bond acceptors (Lipinski definition) is 3. The summed E-state index contributed by atoms with van der Waals surface area (Å²) in [6, 6.07) is -0.702. The van der Waals surface area contributed by atoms with Crippen molar-refractivity contribution >= 4 is 11.9 Å². The molecule has 92 valence electrons. The molecule has 5 nitrogen and oxygen atoms in total. The Labute approximate surface area is 95.4 Å². The third kappa shape index (κ3) is 2.95. The van der Waals surface area contributed by atoms with Gasteiger partial charge in [0, 0.05) is 26.7 Å². The molecule has 0 saturated carbocycles. The van der Waals surface area contributed by atoms with E-state index in [0.29, 0.717) is 32.6 Å². The lowest BCUT2D eigenvalue weighted by molar-refractivity contribution is -0.153.